The average Bonchev–Trinajstić information content (AvgIpc) is 3.05. The van der Waals surface area contributed by atoms with Crippen molar-refractivity contribution < 1.29 is 9.53 Å². The van der Waals surface area contributed by atoms with Crippen LogP contribution in [0.15, 0.2) is 18.2 Å². The third-order valence-electron chi connectivity index (χ3n) is 3.37. The lowest BCUT2D eigenvalue weighted by Gasteiger charge is -2.09. The number of esters is 1. The zero-order valence-corrected chi connectivity index (χ0v) is 11.3. The number of fused-ring (bicyclic) bond motifs is 1. The molecule has 1 saturated carbocycles. The summed E-state index contributed by atoms with van der Waals surface area (Å²) in [5, 5.41) is 0.918. The van der Waals surface area contributed by atoms with Crippen molar-refractivity contribution in [3.05, 3.63) is 28.8 Å². The monoisotopic (exact) mass is 261 g/mol. The van der Waals surface area contributed by atoms with Crippen molar-refractivity contribution in [2.24, 2.45) is 0 Å². The number of hydrogen-bond acceptors (Lipinski definition) is 4. The maximum absolute atomic E-state index is 12.0. The largest absolute Gasteiger partial charge is 0.465 e. The molecule has 3 rings (SSSR count). The Morgan fingerprint density at radius 3 is 2.94 bits per heavy atom. The summed E-state index contributed by atoms with van der Waals surface area (Å²) in [5.41, 5.74) is 1.77. The number of benzene rings is 1. The molecule has 1 aliphatic carbocycles. The zero-order chi connectivity index (χ0) is 12.8. The molecule has 0 radical (unpaired) electrons. The van der Waals surface area contributed by atoms with Gasteiger partial charge < -0.3 is 4.74 Å². The van der Waals surface area contributed by atoms with Gasteiger partial charge in [0, 0.05) is 0 Å². The first-order valence-corrected chi connectivity index (χ1v) is 7.02. The molecule has 4 heteroatoms. The highest BCUT2D eigenvalue weighted by atomic mass is 32.1. The standard InChI is InChI=1S/C14H15NO2S/c1-3-17-13(16)14(6-7-14)12-15-10-5-4-9(2)8-11(10)18-12/h4-5,8H,3,6-7H2,1-2H3. The Morgan fingerprint density at radius 2 is 2.28 bits per heavy atom. The molecule has 0 amide bonds. The first kappa shape index (κ1) is 11.7. The predicted molar refractivity (Wildman–Crippen MR) is 71.9 cm³/mol. The van der Waals surface area contributed by atoms with Crippen LogP contribution in [-0.4, -0.2) is 17.6 Å². The minimum absolute atomic E-state index is 0.110. The van der Waals surface area contributed by atoms with E-state index in [1.807, 2.05) is 13.0 Å². The Balaban J connectivity index is 2.02. The molecule has 0 spiro atoms. The Bertz CT molecular complexity index is 613. The quantitative estimate of drug-likeness (QED) is 0.796. The molecule has 1 aromatic heterocycles. The molecule has 18 heavy (non-hydrogen) atoms. The second-order valence-electron chi connectivity index (χ2n) is 4.79. The van der Waals surface area contributed by atoms with Gasteiger partial charge in [0.1, 0.15) is 10.4 Å². The third kappa shape index (κ3) is 1.72. The second kappa shape index (κ2) is 4.05. The lowest BCUT2D eigenvalue weighted by Crippen LogP contribution is -2.22. The van der Waals surface area contributed by atoms with Crippen LogP contribution in [0.5, 0.6) is 0 Å². The van der Waals surface area contributed by atoms with Crippen molar-refractivity contribution >= 4 is 27.5 Å². The van der Waals surface area contributed by atoms with Crippen molar-refractivity contribution in [3.63, 3.8) is 0 Å². The van der Waals surface area contributed by atoms with Crippen LogP contribution < -0.4 is 0 Å². The summed E-state index contributed by atoms with van der Waals surface area (Å²) in [6.45, 7) is 4.34. The Labute approximate surface area is 110 Å². The van der Waals surface area contributed by atoms with E-state index < -0.39 is 5.41 Å². The fourth-order valence-electron chi connectivity index (χ4n) is 2.14. The van der Waals surface area contributed by atoms with Gasteiger partial charge in [0.05, 0.1) is 16.8 Å². The lowest BCUT2D eigenvalue weighted by molar-refractivity contribution is -0.146. The van der Waals surface area contributed by atoms with Crippen LogP contribution in [0.2, 0.25) is 0 Å². The van der Waals surface area contributed by atoms with Gasteiger partial charge in [-0.3, -0.25) is 4.79 Å². The number of rotatable bonds is 3. The van der Waals surface area contributed by atoms with Crippen molar-refractivity contribution in [2.75, 3.05) is 6.61 Å². The number of hydrogen-bond donors (Lipinski definition) is 0. The van der Waals surface area contributed by atoms with Gasteiger partial charge >= 0.3 is 5.97 Å². The van der Waals surface area contributed by atoms with Crippen LogP contribution in [0.25, 0.3) is 10.2 Å². The molecule has 1 aliphatic rings. The van der Waals surface area contributed by atoms with Crippen molar-refractivity contribution in [2.45, 2.75) is 32.1 Å². The van der Waals surface area contributed by atoms with Crippen LogP contribution in [0.1, 0.15) is 30.3 Å². The van der Waals surface area contributed by atoms with E-state index in [9.17, 15) is 4.79 Å². The topological polar surface area (TPSA) is 39.2 Å². The van der Waals surface area contributed by atoms with E-state index >= 15 is 0 Å². The fourth-order valence-corrected chi connectivity index (χ4v) is 3.43. The van der Waals surface area contributed by atoms with E-state index in [4.69, 9.17) is 4.74 Å². The summed E-state index contributed by atoms with van der Waals surface area (Å²) < 4.78 is 6.32. The van der Waals surface area contributed by atoms with Gasteiger partial charge in [0.25, 0.3) is 0 Å². The molecule has 1 heterocycles. The van der Waals surface area contributed by atoms with E-state index in [1.165, 1.54) is 5.56 Å². The Morgan fingerprint density at radius 1 is 1.50 bits per heavy atom. The van der Waals surface area contributed by atoms with Crippen LogP contribution in [0, 0.1) is 6.92 Å². The maximum Gasteiger partial charge on any atom is 0.319 e. The van der Waals surface area contributed by atoms with Crippen LogP contribution in [0.4, 0.5) is 0 Å². The lowest BCUT2D eigenvalue weighted by atomic mass is 10.1. The Hall–Kier alpha value is -1.42. The van der Waals surface area contributed by atoms with Gasteiger partial charge in [-0.05, 0) is 44.4 Å². The molecule has 0 N–H and O–H groups in total. The van der Waals surface area contributed by atoms with Gasteiger partial charge in [-0.25, -0.2) is 4.98 Å². The highest BCUT2D eigenvalue weighted by Gasteiger charge is 2.55. The van der Waals surface area contributed by atoms with E-state index in [1.54, 1.807) is 11.3 Å². The molecule has 0 unspecified atom stereocenters. The van der Waals surface area contributed by atoms with Crippen LogP contribution >= 0.6 is 11.3 Å². The average molecular weight is 261 g/mol. The van der Waals surface area contributed by atoms with Crippen molar-refractivity contribution in [1.82, 2.24) is 4.98 Å². The van der Waals surface area contributed by atoms with Crippen LogP contribution in [0.3, 0.4) is 0 Å². The molecule has 0 aliphatic heterocycles. The normalized spacial score (nSPS) is 16.8. The third-order valence-corrected chi connectivity index (χ3v) is 4.59. The Kier molecular flexibility index (Phi) is 2.63. The van der Waals surface area contributed by atoms with Gasteiger partial charge in [0.2, 0.25) is 0 Å². The molecule has 3 nitrogen and oxygen atoms in total. The number of thiazole rings is 1. The molecule has 0 saturated heterocycles. The zero-order valence-electron chi connectivity index (χ0n) is 10.5. The number of ether oxygens (including phenoxy) is 1. The molecule has 1 aromatic carbocycles. The minimum Gasteiger partial charge on any atom is -0.465 e. The molecular formula is C14H15NO2S. The van der Waals surface area contributed by atoms with E-state index in [-0.39, 0.29) is 5.97 Å². The summed E-state index contributed by atoms with van der Waals surface area (Å²) >= 11 is 1.62. The number of carbonyl (C=O) groups is 1. The first-order chi connectivity index (χ1) is 8.65. The molecule has 94 valence electrons. The van der Waals surface area contributed by atoms with Gasteiger partial charge in [-0.1, -0.05) is 6.07 Å². The number of nitrogens with zero attached hydrogens (tertiary/aromatic N) is 1. The van der Waals surface area contributed by atoms with Crippen molar-refractivity contribution in [1.29, 1.82) is 0 Å². The van der Waals surface area contributed by atoms with E-state index in [0.29, 0.717) is 6.61 Å². The molecule has 0 atom stereocenters. The summed E-state index contributed by atoms with van der Waals surface area (Å²) in [6, 6.07) is 6.19. The number of aromatic nitrogens is 1. The first-order valence-electron chi connectivity index (χ1n) is 6.20. The SMILES string of the molecule is CCOC(=O)C1(c2nc3ccc(C)cc3s2)CC1. The molecular weight excluding hydrogens is 246 g/mol. The van der Waals surface area contributed by atoms with E-state index in [2.05, 4.69) is 24.0 Å². The summed E-state index contributed by atoms with van der Waals surface area (Å²) in [6.07, 6.45) is 1.73. The van der Waals surface area contributed by atoms with Crippen LogP contribution in [-0.2, 0) is 14.9 Å². The summed E-state index contributed by atoms with van der Waals surface area (Å²) in [7, 11) is 0. The van der Waals surface area contributed by atoms with Gasteiger partial charge in [-0.15, -0.1) is 11.3 Å². The highest BCUT2D eigenvalue weighted by Crippen LogP contribution is 2.51. The number of aryl methyl sites for hydroxylation is 1. The fraction of sp³-hybridized carbons (Fsp3) is 0.429. The minimum atomic E-state index is -0.437. The number of carbonyl (C=O) groups excluding carboxylic acids is 1. The summed E-state index contributed by atoms with van der Waals surface area (Å²) in [4.78, 5) is 16.6. The summed E-state index contributed by atoms with van der Waals surface area (Å²) in [5.74, 6) is -0.110. The molecule has 1 fully saturated rings. The second-order valence-corrected chi connectivity index (χ2v) is 5.82. The van der Waals surface area contributed by atoms with Crippen molar-refractivity contribution in [3.8, 4) is 0 Å². The maximum atomic E-state index is 12.0. The predicted octanol–water partition coefficient (Wildman–Crippen LogP) is 3.20. The van der Waals surface area contributed by atoms with Gasteiger partial charge in [-0.2, -0.15) is 0 Å². The smallest absolute Gasteiger partial charge is 0.319 e. The molecule has 0 bridgehead atoms. The molecule has 2 aromatic rings. The van der Waals surface area contributed by atoms with Gasteiger partial charge in [0.15, 0.2) is 0 Å². The van der Waals surface area contributed by atoms with E-state index in [0.717, 1.165) is 28.1 Å². The highest BCUT2D eigenvalue weighted by molar-refractivity contribution is 7.18.